The summed E-state index contributed by atoms with van der Waals surface area (Å²) in [7, 11) is 1.62. The van der Waals surface area contributed by atoms with Gasteiger partial charge in [0.2, 0.25) is 0 Å². The van der Waals surface area contributed by atoms with Crippen molar-refractivity contribution in [3.63, 3.8) is 0 Å². The number of aromatic nitrogens is 2. The molecule has 0 aliphatic rings. The van der Waals surface area contributed by atoms with Crippen LogP contribution in [0.4, 0.5) is 10.1 Å². The fraction of sp³-hybridized carbons (Fsp3) is 0.154. The second kappa shape index (κ2) is 5.12. The standard InChI is InChI=1S/C13H12FN3O3/c1-7-5-11(17(2)16-7)12(18)15-8-3-4-9(13(19)20)10(14)6-8/h3-6H,1-2H3,(H,15,18)(H,19,20). The lowest BCUT2D eigenvalue weighted by Crippen LogP contribution is -2.16. The van der Waals surface area contributed by atoms with Gasteiger partial charge in [0.15, 0.2) is 0 Å². The Hall–Kier alpha value is -2.70. The van der Waals surface area contributed by atoms with E-state index in [4.69, 9.17) is 5.11 Å². The van der Waals surface area contributed by atoms with Crippen LogP contribution in [0.5, 0.6) is 0 Å². The Morgan fingerprint density at radius 1 is 1.35 bits per heavy atom. The Balaban J connectivity index is 2.22. The van der Waals surface area contributed by atoms with Gasteiger partial charge in [-0.25, -0.2) is 9.18 Å². The van der Waals surface area contributed by atoms with Gasteiger partial charge < -0.3 is 10.4 Å². The molecule has 6 nitrogen and oxygen atoms in total. The van der Waals surface area contributed by atoms with E-state index in [1.165, 1.54) is 10.7 Å². The van der Waals surface area contributed by atoms with Crippen LogP contribution in [0.3, 0.4) is 0 Å². The van der Waals surface area contributed by atoms with Crippen LogP contribution in [0, 0.1) is 12.7 Å². The van der Waals surface area contributed by atoms with Gasteiger partial charge >= 0.3 is 5.97 Å². The smallest absolute Gasteiger partial charge is 0.338 e. The highest BCUT2D eigenvalue weighted by atomic mass is 19.1. The second-order valence-electron chi connectivity index (χ2n) is 4.25. The first-order chi connectivity index (χ1) is 9.38. The fourth-order valence-corrected chi connectivity index (χ4v) is 1.78. The number of nitrogens with zero attached hydrogens (tertiary/aromatic N) is 2. The van der Waals surface area contributed by atoms with Crippen LogP contribution in [0.2, 0.25) is 0 Å². The van der Waals surface area contributed by atoms with Gasteiger partial charge in [-0.3, -0.25) is 9.48 Å². The molecule has 0 bridgehead atoms. The van der Waals surface area contributed by atoms with Gasteiger partial charge in [0, 0.05) is 12.7 Å². The third-order valence-corrected chi connectivity index (χ3v) is 2.69. The Bertz CT molecular complexity index is 694. The molecule has 104 valence electrons. The summed E-state index contributed by atoms with van der Waals surface area (Å²) < 4.78 is 14.9. The number of carboxylic acids is 1. The summed E-state index contributed by atoms with van der Waals surface area (Å²) in [6, 6.07) is 4.98. The molecule has 20 heavy (non-hydrogen) atoms. The van der Waals surface area contributed by atoms with Crippen LogP contribution in [0.25, 0.3) is 0 Å². The molecule has 1 aromatic heterocycles. The van der Waals surface area contributed by atoms with E-state index in [1.807, 2.05) is 0 Å². The van der Waals surface area contributed by atoms with Crippen molar-refractivity contribution in [3.8, 4) is 0 Å². The fourth-order valence-electron chi connectivity index (χ4n) is 1.78. The quantitative estimate of drug-likeness (QED) is 0.896. The number of benzene rings is 1. The topological polar surface area (TPSA) is 84.2 Å². The summed E-state index contributed by atoms with van der Waals surface area (Å²) in [6.07, 6.45) is 0. The Kier molecular flexibility index (Phi) is 3.51. The molecule has 2 N–H and O–H groups in total. The number of nitrogens with one attached hydrogen (secondary N) is 1. The molecule has 0 saturated heterocycles. The minimum Gasteiger partial charge on any atom is -0.478 e. The molecule has 2 aromatic rings. The Morgan fingerprint density at radius 3 is 2.55 bits per heavy atom. The molecule has 0 unspecified atom stereocenters. The van der Waals surface area contributed by atoms with Gasteiger partial charge in [0.25, 0.3) is 5.91 Å². The molecule has 1 aromatic carbocycles. The van der Waals surface area contributed by atoms with E-state index < -0.39 is 23.3 Å². The van der Waals surface area contributed by atoms with Crippen LogP contribution in [0.1, 0.15) is 26.5 Å². The van der Waals surface area contributed by atoms with Crippen molar-refractivity contribution in [1.82, 2.24) is 9.78 Å². The lowest BCUT2D eigenvalue weighted by molar-refractivity contribution is 0.0692. The van der Waals surface area contributed by atoms with Crippen LogP contribution in [-0.2, 0) is 7.05 Å². The average molecular weight is 277 g/mol. The average Bonchev–Trinajstić information content (AvgIpc) is 2.68. The van der Waals surface area contributed by atoms with Gasteiger partial charge in [-0.05, 0) is 31.2 Å². The summed E-state index contributed by atoms with van der Waals surface area (Å²) in [6.45, 7) is 1.75. The maximum absolute atomic E-state index is 13.5. The molecule has 0 atom stereocenters. The molecule has 0 aliphatic carbocycles. The molecular formula is C13H12FN3O3. The minimum absolute atomic E-state index is 0.177. The number of halogens is 1. The highest BCUT2D eigenvalue weighted by Crippen LogP contribution is 2.15. The van der Waals surface area contributed by atoms with E-state index in [2.05, 4.69) is 10.4 Å². The van der Waals surface area contributed by atoms with Crippen molar-refractivity contribution in [2.75, 3.05) is 5.32 Å². The molecule has 0 saturated carbocycles. The molecule has 0 fully saturated rings. The normalized spacial score (nSPS) is 10.3. The predicted molar refractivity (Wildman–Crippen MR) is 69.3 cm³/mol. The molecule has 1 heterocycles. The van der Waals surface area contributed by atoms with Crippen LogP contribution >= 0.6 is 0 Å². The van der Waals surface area contributed by atoms with Crippen LogP contribution in [-0.4, -0.2) is 26.8 Å². The summed E-state index contributed by atoms with van der Waals surface area (Å²) in [5.41, 5.74) is 0.742. The summed E-state index contributed by atoms with van der Waals surface area (Å²) in [5.74, 6) is -2.71. The first-order valence-corrected chi connectivity index (χ1v) is 5.73. The maximum atomic E-state index is 13.5. The maximum Gasteiger partial charge on any atom is 0.338 e. The number of aromatic carboxylic acids is 1. The largest absolute Gasteiger partial charge is 0.478 e. The number of rotatable bonds is 3. The number of hydrogen-bond donors (Lipinski definition) is 2. The highest BCUT2D eigenvalue weighted by molar-refractivity contribution is 6.03. The van der Waals surface area contributed by atoms with Gasteiger partial charge in [-0.15, -0.1) is 0 Å². The Morgan fingerprint density at radius 2 is 2.05 bits per heavy atom. The third kappa shape index (κ3) is 2.66. The molecule has 0 spiro atoms. The lowest BCUT2D eigenvalue weighted by atomic mass is 10.2. The van der Waals surface area contributed by atoms with Crippen molar-refractivity contribution in [1.29, 1.82) is 0 Å². The van der Waals surface area contributed by atoms with Crippen molar-refractivity contribution in [2.45, 2.75) is 6.92 Å². The summed E-state index contributed by atoms with van der Waals surface area (Å²) in [5, 5.41) is 15.2. The SMILES string of the molecule is Cc1cc(C(=O)Nc2ccc(C(=O)O)c(F)c2)n(C)n1. The number of carbonyl (C=O) groups is 2. The van der Waals surface area contributed by atoms with Gasteiger partial charge in [0.1, 0.15) is 11.5 Å². The molecule has 0 radical (unpaired) electrons. The van der Waals surface area contributed by atoms with Crippen LogP contribution in [0.15, 0.2) is 24.3 Å². The monoisotopic (exact) mass is 277 g/mol. The second-order valence-corrected chi connectivity index (χ2v) is 4.25. The first kappa shape index (κ1) is 13.7. The zero-order valence-electron chi connectivity index (χ0n) is 10.8. The zero-order chi connectivity index (χ0) is 14.9. The number of hydrogen-bond acceptors (Lipinski definition) is 3. The number of carbonyl (C=O) groups excluding carboxylic acids is 1. The molecule has 2 rings (SSSR count). The van der Waals surface area contributed by atoms with E-state index in [9.17, 15) is 14.0 Å². The molecule has 0 aliphatic heterocycles. The molecular weight excluding hydrogens is 265 g/mol. The molecule has 1 amide bonds. The molecule has 7 heteroatoms. The van der Waals surface area contributed by atoms with Gasteiger partial charge in [0.05, 0.1) is 11.3 Å². The zero-order valence-corrected chi connectivity index (χ0v) is 10.8. The van der Waals surface area contributed by atoms with Crippen molar-refractivity contribution >= 4 is 17.6 Å². The summed E-state index contributed by atoms with van der Waals surface area (Å²) >= 11 is 0. The van der Waals surface area contributed by atoms with E-state index >= 15 is 0 Å². The van der Waals surface area contributed by atoms with Crippen molar-refractivity contribution in [3.05, 3.63) is 47.0 Å². The van der Waals surface area contributed by atoms with E-state index in [0.717, 1.165) is 12.1 Å². The number of amides is 1. The lowest BCUT2D eigenvalue weighted by Gasteiger charge is -2.06. The van der Waals surface area contributed by atoms with E-state index in [-0.39, 0.29) is 5.69 Å². The van der Waals surface area contributed by atoms with Crippen molar-refractivity contribution in [2.24, 2.45) is 7.05 Å². The van der Waals surface area contributed by atoms with Crippen molar-refractivity contribution < 1.29 is 19.1 Å². The van der Waals surface area contributed by atoms with E-state index in [1.54, 1.807) is 20.0 Å². The third-order valence-electron chi connectivity index (χ3n) is 2.69. The number of carboxylic acid groups (broad SMARTS) is 1. The first-order valence-electron chi connectivity index (χ1n) is 5.73. The van der Waals surface area contributed by atoms with Gasteiger partial charge in [-0.2, -0.15) is 5.10 Å². The Labute approximate surface area is 113 Å². The summed E-state index contributed by atoms with van der Waals surface area (Å²) in [4.78, 5) is 22.7. The van der Waals surface area contributed by atoms with E-state index in [0.29, 0.717) is 11.4 Å². The number of aryl methyl sites for hydroxylation is 2. The minimum atomic E-state index is -1.36. The predicted octanol–water partition coefficient (Wildman–Crippen LogP) is 1.82. The number of anilines is 1. The van der Waals surface area contributed by atoms with Crippen LogP contribution < -0.4 is 5.32 Å². The highest BCUT2D eigenvalue weighted by Gasteiger charge is 2.14. The van der Waals surface area contributed by atoms with Gasteiger partial charge in [-0.1, -0.05) is 0 Å².